The summed E-state index contributed by atoms with van der Waals surface area (Å²) in [6.07, 6.45) is 11.5. The van der Waals surface area contributed by atoms with Gasteiger partial charge in [-0.2, -0.15) is 0 Å². The highest BCUT2D eigenvalue weighted by atomic mass is 14.5. The van der Waals surface area contributed by atoms with E-state index in [1.165, 1.54) is 51.4 Å². The van der Waals surface area contributed by atoms with Crippen LogP contribution >= 0.6 is 0 Å². The van der Waals surface area contributed by atoms with E-state index >= 15 is 0 Å². The lowest BCUT2D eigenvalue weighted by molar-refractivity contribution is -0.000585. The summed E-state index contributed by atoms with van der Waals surface area (Å²) in [5.41, 5.74) is 1.27. The van der Waals surface area contributed by atoms with E-state index < -0.39 is 0 Å². The van der Waals surface area contributed by atoms with Crippen LogP contribution in [0.15, 0.2) is 0 Å². The lowest BCUT2D eigenvalue weighted by Crippen LogP contribution is -2.40. The molecule has 0 saturated heterocycles. The molecule has 0 aromatic heterocycles. The van der Waals surface area contributed by atoms with Crippen LogP contribution in [0.25, 0.3) is 0 Å². The predicted molar refractivity (Wildman–Crippen MR) is 64.5 cm³/mol. The summed E-state index contributed by atoms with van der Waals surface area (Å²) < 4.78 is 0. The van der Waals surface area contributed by atoms with Gasteiger partial charge in [0.1, 0.15) is 0 Å². The number of rotatable bonds is 4. The van der Waals surface area contributed by atoms with Crippen molar-refractivity contribution in [1.29, 1.82) is 0 Å². The summed E-state index contributed by atoms with van der Waals surface area (Å²) in [7, 11) is 0. The van der Waals surface area contributed by atoms with Crippen molar-refractivity contribution in [2.45, 2.75) is 79.1 Å². The Morgan fingerprint density at radius 1 is 0.786 bits per heavy atom. The first-order valence-corrected chi connectivity index (χ1v) is 6.58. The minimum absolute atomic E-state index is 0.635. The van der Waals surface area contributed by atoms with Crippen LogP contribution in [0.4, 0.5) is 0 Å². The highest BCUT2D eigenvalue weighted by molar-refractivity contribution is 4.94. The topological polar surface area (TPSA) is 0 Å². The molecule has 1 rings (SSSR count). The van der Waals surface area contributed by atoms with E-state index in [1.807, 2.05) is 0 Å². The molecule has 0 nitrogen and oxygen atoms in total. The first-order valence-electron chi connectivity index (χ1n) is 6.58. The predicted octanol–water partition coefficient (Wildman–Crippen LogP) is 5.17. The normalized spacial score (nSPS) is 38.6. The van der Waals surface area contributed by atoms with Gasteiger partial charge in [-0.15, -0.1) is 0 Å². The van der Waals surface area contributed by atoms with Crippen molar-refractivity contribution in [3.05, 3.63) is 0 Å². The highest BCUT2D eigenvalue weighted by Crippen LogP contribution is 2.55. The van der Waals surface area contributed by atoms with Gasteiger partial charge < -0.3 is 0 Å². The lowest BCUT2D eigenvalue weighted by atomic mass is 9.54. The van der Waals surface area contributed by atoms with Gasteiger partial charge in [0, 0.05) is 0 Å². The summed E-state index contributed by atoms with van der Waals surface area (Å²) in [5.74, 6) is 0. The van der Waals surface area contributed by atoms with E-state index in [1.54, 1.807) is 0 Å². The Balaban J connectivity index is 2.75. The lowest BCUT2D eigenvalue weighted by Gasteiger charge is -2.51. The van der Waals surface area contributed by atoms with Gasteiger partial charge in [-0.25, -0.2) is 0 Å². The molecule has 14 heavy (non-hydrogen) atoms. The smallest absolute Gasteiger partial charge is 0.0272 e. The highest BCUT2D eigenvalue weighted by Gasteiger charge is 2.44. The third kappa shape index (κ3) is 2.15. The second-order valence-electron chi connectivity index (χ2n) is 5.83. The van der Waals surface area contributed by atoms with E-state index in [-0.39, 0.29) is 0 Å². The molecule has 0 heteroatoms. The Morgan fingerprint density at radius 3 is 1.43 bits per heavy atom. The van der Waals surface area contributed by atoms with Crippen molar-refractivity contribution in [2.24, 2.45) is 10.8 Å². The van der Waals surface area contributed by atoms with Crippen LogP contribution in [0.5, 0.6) is 0 Å². The molecule has 2 unspecified atom stereocenters. The first kappa shape index (κ1) is 12.1. The van der Waals surface area contributed by atoms with Crippen molar-refractivity contribution in [3.63, 3.8) is 0 Å². The Labute approximate surface area is 90.5 Å². The van der Waals surface area contributed by atoms with Gasteiger partial charge in [-0.3, -0.25) is 0 Å². The monoisotopic (exact) mass is 196 g/mol. The van der Waals surface area contributed by atoms with Crippen LogP contribution in [-0.4, -0.2) is 0 Å². The Hall–Kier alpha value is 0. The fraction of sp³-hybridized carbons (Fsp3) is 1.00. The average Bonchev–Trinajstić information content (AvgIpc) is 2.12. The third-order valence-corrected chi connectivity index (χ3v) is 4.77. The number of hydrogen-bond donors (Lipinski definition) is 0. The molecule has 0 spiro atoms. The second-order valence-corrected chi connectivity index (χ2v) is 5.83. The van der Waals surface area contributed by atoms with Crippen LogP contribution in [0.3, 0.4) is 0 Å². The maximum Gasteiger partial charge on any atom is -0.0272 e. The van der Waals surface area contributed by atoms with E-state index in [9.17, 15) is 0 Å². The molecule has 0 amide bonds. The molecule has 0 heterocycles. The summed E-state index contributed by atoms with van der Waals surface area (Å²) in [6, 6.07) is 0. The van der Waals surface area contributed by atoms with Gasteiger partial charge >= 0.3 is 0 Å². The second kappa shape index (κ2) is 4.68. The molecule has 0 N–H and O–H groups in total. The zero-order valence-electron chi connectivity index (χ0n) is 10.7. The standard InChI is InChI=1S/C14H28/c1-5-9-13(3)11-7-8-12-14(13,4)10-6-2/h5-12H2,1-4H3. The molecule has 1 aliphatic carbocycles. The van der Waals surface area contributed by atoms with Gasteiger partial charge in [0.25, 0.3) is 0 Å². The molecule has 0 aromatic carbocycles. The van der Waals surface area contributed by atoms with Gasteiger partial charge in [0.2, 0.25) is 0 Å². The first-order chi connectivity index (χ1) is 6.58. The minimum atomic E-state index is 0.635. The molecule has 84 valence electrons. The molecule has 0 aliphatic heterocycles. The van der Waals surface area contributed by atoms with Gasteiger partial charge in [-0.05, 0) is 36.5 Å². The molecule has 2 atom stereocenters. The van der Waals surface area contributed by atoms with Crippen LogP contribution in [0, 0.1) is 10.8 Å². The van der Waals surface area contributed by atoms with Crippen LogP contribution in [0.1, 0.15) is 79.1 Å². The zero-order valence-corrected chi connectivity index (χ0v) is 10.7. The maximum absolute atomic E-state index is 2.55. The van der Waals surface area contributed by atoms with Crippen molar-refractivity contribution >= 4 is 0 Å². The van der Waals surface area contributed by atoms with E-state index in [2.05, 4.69) is 27.7 Å². The third-order valence-electron chi connectivity index (χ3n) is 4.77. The Morgan fingerprint density at radius 2 is 1.14 bits per heavy atom. The fourth-order valence-electron chi connectivity index (χ4n) is 3.59. The molecule has 1 fully saturated rings. The quantitative estimate of drug-likeness (QED) is 0.581. The summed E-state index contributed by atoms with van der Waals surface area (Å²) in [4.78, 5) is 0. The van der Waals surface area contributed by atoms with Crippen molar-refractivity contribution in [3.8, 4) is 0 Å². The summed E-state index contributed by atoms with van der Waals surface area (Å²) >= 11 is 0. The van der Waals surface area contributed by atoms with Crippen LogP contribution < -0.4 is 0 Å². The fourth-order valence-corrected chi connectivity index (χ4v) is 3.59. The summed E-state index contributed by atoms with van der Waals surface area (Å²) in [6.45, 7) is 9.77. The molecule has 0 bridgehead atoms. The van der Waals surface area contributed by atoms with E-state index in [0.29, 0.717) is 10.8 Å². The van der Waals surface area contributed by atoms with E-state index in [0.717, 1.165) is 0 Å². The SMILES string of the molecule is CCCC1(C)CCCCC1(C)CCC. The molecule has 1 saturated carbocycles. The molecule has 0 aromatic rings. The van der Waals surface area contributed by atoms with Crippen LogP contribution in [-0.2, 0) is 0 Å². The Kier molecular flexibility index (Phi) is 4.04. The summed E-state index contributed by atoms with van der Waals surface area (Å²) in [5, 5.41) is 0. The maximum atomic E-state index is 2.55. The largest absolute Gasteiger partial charge is 0.0654 e. The van der Waals surface area contributed by atoms with E-state index in [4.69, 9.17) is 0 Å². The molecule has 0 radical (unpaired) electrons. The molecule has 1 aliphatic rings. The average molecular weight is 196 g/mol. The van der Waals surface area contributed by atoms with Gasteiger partial charge in [0.15, 0.2) is 0 Å². The molecular formula is C14H28. The van der Waals surface area contributed by atoms with Gasteiger partial charge in [0.05, 0.1) is 0 Å². The minimum Gasteiger partial charge on any atom is -0.0654 e. The van der Waals surface area contributed by atoms with Crippen molar-refractivity contribution in [2.75, 3.05) is 0 Å². The van der Waals surface area contributed by atoms with Gasteiger partial charge in [-0.1, -0.05) is 53.4 Å². The zero-order chi connectivity index (χ0) is 10.7. The van der Waals surface area contributed by atoms with Crippen molar-refractivity contribution < 1.29 is 0 Å². The van der Waals surface area contributed by atoms with Crippen molar-refractivity contribution in [1.82, 2.24) is 0 Å². The Bertz CT molecular complexity index is 145. The molecular weight excluding hydrogens is 168 g/mol. The van der Waals surface area contributed by atoms with Crippen LogP contribution in [0.2, 0.25) is 0 Å². The number of hydrogen-bond acceptors (Lipinski definition) is 0.